The van der Waals surface area contributed by atoms with Crippen LogP contribution in [0.15, 0.2) is 66.9 Å². The third kappa shape index (κ3) is 4.26. The molecule has 3 heterocycles. The molecule has 7 rings (SSSR count). The fourth-order valence-electron chi connectivity index (χ4n) is 5.86. The summed E-state index contributed by atoms with van der Waals surface area (Å²) in [4.78, 5) is 32.6. The van der Waals surface area contributed by atoms with Crippen molar-refractivity contribution >= 4 is 33.8 Å². The number of likely N-dealkylation sites (tertiary alicyclic amines) is 1. The summed E-state index contributed by atoms with van der Waals surface area (Å²) in [6.07, 6.45) is 4.83. The molecule has 0 bridgehead atoms. The normalized spacial score (nSPS) is 17.3. The highest BCUT2D eigenvalue weighted by atomic mass is 16.2. The fraction of sp³-hybridized carbons (Fsp3) is 0.290. The summed E-state index contributed by atoms with van der Waals surface area (Å²) in [6, 6.07) is 20.4. The zero-order valence-corrected chi connectivity index (χ0v) is 21.9. The van der Waals surface area contributed by atoms with Crippen molar-refractivity contribution < 1.29 is 9.59 Å². The van der Waals surface area contributed by atoms with Crippen molar-refractivity contribution in [3.05, 3.63) is 72.4 Å². The molecule has 8 nitrogen and oxygen atoms in total. The van der Waals surface area contributed by atoms with E-state index in [4.69, 9.17) is 4.98 Å². The minimum atomic E-state index is -0.130. The summed E-state index contributed by atoms with van der Waals surface area (Å²) < 4.78 is 2.20. The molecule has 196 valence electrons. The Balaban J connectivity index is 1.26. The Hall–Kier alpha value is -4.46. The van der Waals surface area contributed by atoms with Gasteiger partial charge in [0.15, 0.2) is 0 Å². The van der Waals surface area contributed by atoms with Gasteiger partial charge in [-0.1, -0.05) is 42.5 Å². The van der Waals surface area contributed by atoms with Crippen molar-refractivity contribution in [3.8, 4) is 22.5 Å². The van der Waals surface area contributed by atoms with Gasteiger partial charge in [0, 0.05) is 43.5 Å². The Bertz CT molecular complexity index is 1710. The quantitative estimate of drug-likeness (QED) is 0.335. The number of carbonyl (C=O) groups is 2. The second kappa shape index (κ2) is 9.38. The largest absolute Gasteiger partial charge is 0.355 e. The Morgan fingerprint density at radius 1 is 1.00 bits per heavy atom. The first-order chi connectivity index (χ1) is 19.1. The maximum Gasteiger partial charge on any atom is 0.253 e. The molecular weight excluding hydrogens is 488 g/mol. The molecule has 1 aliphatic carbocycles. The van der Waals surface area contributed by atoms with Crippen LogP contribution in [0, 0.1) is 11.8 Å². The van der Waals surface area contributed by atoms with Gasteiger partial charge >= 0.3 is 0 Å². The minimum absolute atomic E-state index is 0.130. The maximum absolute atomic E-state index is 12.8. The van der Waals surface area contributed by atoms with E-state index >= 15 is 0 Å². The number of amides is 2. The molecule has 1 aliphatic heterocycles. The standard InChI is InChI=1S/C31H30N6O2/c1-32-30(38)25-3-2-4-26-28(25)37(18-19-13-14-36(17-19)31(39)22-9-10-22)29(34-26)21-7-5-20(6-8-21)23-11-12-24-16-33-35-27(24)15-23/h2-8,11-12,15-16,19,22H,9-10,13-14,17-18H2,1H3,(H,32,38)(H,33,35)/t19-/m1/s1. The highest BCUT2D eigenvalue weighted by molar-refractivity contribution is 6.05. The fourth-order valence-corrected chi connectivity index (χ4v) is 5.86. The lowest BCUT2D eigenvalue weighted by atomic mass is 10.0. The monoisotopic (exact) mass is 518 g/mol. The lowest BCUT2D eigenvalue weighted by Crippen LogP contribution is -2.30. The van der Waals surface area contributed by atoms with Crippen LogP contribution in [0.1, 0.15) is 29.6 Å². The molecule has 2 aromatic heterocycles. The summed E-state index contributed by atoms with van der Waals surface area (Å²) in [5, 5.41) is 11.0. The predicted octanol–water partition coefficient (Wildman–Crippen LogP) is 4.86. The molecule has 1 saturated heterocycles. The number of aromatic amines is 1. The SMILES string of the molecule is CNC(=O)c1cccc2nc(-c3ccc(-c4ccc5cn[nH]c5c4)cc3)n(C[C@@H]3CCN(C(=O)C4CC4)C3)c12. The third-order valence-corrected chi connectivity index (χ3v) is 8.12. The predicted molar refractivity (Wildman–Crippen MR) is 151 cm³/mol. The van der Waals surface area contributed by atoms with Crippen molar-refractivity contribution in [2.75, 3.05) is 20.1 Å². The second-order valence-corrected chi connectivity index (χ2v) is 10.8. The molecule has 2 amide bonds. The van der Waals surface area contributed by atoms with Gasteiger partial charge in [-0.05, 0) is 54.5 Å². The number of rotatable bonds is 6. The van der Waals surface area contributed by atoms with Crippen molar-refractivity contribution in [2.24, 2.45) is 11.8 Å². The molecule has 0 radical (unpaired) electrons. The Morgan fingerprint density at radius 3 is 2.59 bits per heavy atom. The lowest BCUT2D eigenvalue weighted by Gasteiger charge is -2.18. The average Bonchev–Trinajstić information content (AvgIpc) is 3.36. The Labute approximate surface area is 226 Å². The van der Waals surface area contributed by atoms with E-state index in [1.807, 2.05) is 29.3 Å². The maximum atomic E-state index is 12.8. The Kier molecular flexibility index (Phi) is 5.68. The van der Waals surface area contributed by atoms with Gasteiger partial charge in [0.25, 0.3) is 5.91 Å². The van der Waals surface area contributed by atoms with Crippen LogP contribution >= 0.6 is 0 Å². The molecular formula is C31H30N6O2. The molecule has 1 atom stereocenters. The number of aromatic nitrogens is 4. The van der Waals surface area contributed by atoms with Crippen molar-refractivity contribution in [1.29, 1.82) is 0 Å². The minimum Gasteiger partial charge on any atom is -0.355 e. The van der Waals surface area contributed by atoms with E-state index in [1.54, 1.807) is 7.05 Å². The molecule has 0 unspecified atom stereocenters. The van der Waals surface area contributed by atoms with Crippen LogP contribution in [0.25, 0.3) is 44.5 Å². The van der Waals surface area contributed by atoms with Crippen molar-refractivity contribution in [3.63, 3.8) is 0 Å². The zero-order chi connectivity index (χ0) is 26.5. The summed E-state index contributed by atoms with van der Waals surface area (Å²) >= 11 is 0. The van der Waals surface area contributed by atoms with Crippen LogP contribution in [-0.4, -0.2) is 56.6 Å². The van der Waals surface area contributed by atoms with Crippen LogP contribution < -0.4 is 5.32 Å². The van der Waals surface area contributed by atoms with E-state index < -0.39 is 0 Å². The number of nitrogens with zero attached hydrogens (tertiary/aromatic N) is 4. The zero-order valence-electron chi connectivity index (χ0n) is 21.9. The second-order valence-electron chi connectivity index (χ2n) is 10.8. The van der Waals surface area contributed by atoms with Crippen LogP contribution in [-0.2, 0) is 11.3 Å². The first-order valence-electron chi connectivity index (χ1n) is 13.6. The van der Waals surface area contributed by atoms with Crippen LogP contribution in [0.5, 0.6) is 0 Å². The number of H-pyrrole nitrogens is 1. The van der Waals surface area contributed by atoms with Gasteiger partial charge in [-0.25, -0.2) is 4.98 Å². The number of imidazole rings is 1. The van der Waals surface area contributed by atoms with Gasteiger partial charge < -0.3 is 14.8 Å². The number of nitrogens with one attached hydrogen (secondary N) is 2. The van der Waals surface area contributed by atoms with Gasteiger partial charge in [-0.15, -0.1) is 0 Å². The van der Waals surface area contributed by atoms with E-state index in [-0.39, 0.29) is 11.8 Å². The molecule has 3 aromatic carbocycles. The van der Waals surface area contributed by atoms with E-state index in [0.717, 1.165) is 76.8 Å². The van der Waals surface area contributed by atoms with E-state index in [1.165, 1.54) is 0 Å². The average molecular weight is 519 g/mol. The first-order valence-corrected chi connectivity index (χ1v) is 13.6. The van der Waals surface area contributed by atoms with Crippen LogP contribution in [0.2, 0.25) is 0 Å². The number of fused-ring (bicyclic) bond motifs is 2. The summed E-state index contributed by atoms with van der Waals surface area (Å²) in [5.74, 6) is 1.56. The third-order valence-electron chi connectivity index (χ3n) is 8.12. The first kappa shape index (κ1) is 23.6. The molecule has 8 heteroatoms. The highest BCUT2D eigenvalue weighted by Gasteiger charge is 2.37. The molecule has 39 heavy (non-hydrogen) atoms. The smallest absolute Gasteiger partial charge is 0.253 e. The summed E-state index contributed by atoms with van der Waals surface area (Å²) in [5.41, 5.74) is 6.46. The van der Waals surface area contributed by atoms with E-state index in [9.17, 15) is 9.59 Å². The van der Waals surface area contributed by atoms with Gasteiger partial charge in [0.2, 0.25) is 5.91 Å². The van der Waals surface area contributed by atoms with Gasteiger partial charge in [0.1, 0.15) is 5.82 Å². The molecule has 0 spiro atoms. The van der Waals surface area contributed by atoms with Gasteiger partial charge in [-0.3, -0.25) is 14.7 Å². The van der Waals surface area contributed by atoms with Crippen molar-refractivity contribution in [1.82, 2.24) is 30.0 Å². The Morgan fingerprint density at radius 2 is 1.79 bits per heavy atom. The molecule has 1 saturated carbocycles. The van der Waals surface area contributed by atoms with E-state index in [0.29, 0.717) is 23.9 Å². The molecule has 5 aromatic rings. The lowest BCUT2D eigenvalue weighted by molar-refractivity contribution is -0.131. The molecule has 2 fully saturated rings. The molecule has 2 aliphatic rings. The summed E-state index contributed by atoms with van der Waals surface area (Å²) in [7, 11) is 1.65. The van der Waals surface area contributed by atoms with Crippen LogP contribution in [0.4, 0.5) is 0 Å². The number of para-hydroxylation sites is 1. The van der Waals surface area contributed by atoms with Gasteiger partial charge in [0.05, 0.1) is 28.3 Å². The summed E-state index contributed by atoms with van der Waals surface area (Å²) in [6.45, 7) is 2.26. The number of carbonyl (C=O) groups excluding carboxylic acids is 2. The highest BCUT2D eigenvalue weighted by Crippen LogP contribution is 2.35. The molecule has 2 N–H and O–H groups in total. The number of benzene rings is 3. The number of hydrogen-bond donors (Lipinski definition) is 2. The van der Waals surface area contributed by atoms with Crippen molar-refractivity contribution in [2.45, 2.75) is 25.8 Å². The van der Waals surface area contributed by atoms with Crippen LogP contribution in [0.3, 0.4) is 0 Å². The number of hydrogen-bond acceptors (Lipinski definition) is 4. The van der Waals surface area contributed by atoms with E-state index in [2.05, 4.69) is 62.5 Å². The van der Waals surface area contributed by atoms with Gasteiger partial charge in [-0.2, -0.15) is 5.10 Å². The topological polar surface area (TPSA) is 95.9 Å².